The molecule has 0 saturated carbocycles. The lowest BCUT2D eigenvalue weighted by Gasteiger charge is -2.01. The highest BCUT2D eigenvalue weighted by Crippen LogP contribution is 2.22. The number of fused-ring (bicyclic) bond motifs is 1. The average molecular weight is 344 g/mol. The second kappa shape index (κ2) is 6.88. The smallest absolute Gasteiger partial charge is 0.272 e. The lowest BCUT2D eigenvalue weighted by molar-refractivity contribution is -0.113. The normalized spacial score (nSPS) is 12.4. The van der Waals surface area contributed by atoms with Gasteiger partial charge in [0.25, 0.3) is 5.91 Å². The van der Waals surface area contributed by atoms with Crippen molar-refractivity contribution in [2.24, 2.45) is 4.99 Å². The number of nitrogens with zero attached hydrogens (tertiary/aromatic N) is 2. The molecule has 0 unspecified atom stereocenters. The van der Waals surface area contributed by atoms with E-state index in [2.05, 4.69) is 4.99 Å². The number of carbonyl (C=O) groups excluding carboxylic acids is 1. The van der Waals surface area contributed by atoms with E-state index in [0.717, 1.165) is 23.0 Å². The maximum atomic E-state index is 14.0. The molecule has 0 aliphatic heterocycles. The number of thiazole rings is 1. The second-order valence-corrected chi connectivity index (χ2v) is 6.07. The van der Waals surface area contributed by atoms with Crippen LogP contribution in [0, 0.1) is 11.6 Å². The van der Waals surface area contributed by atoms with Gasteiger partial charge in [0.15, 0.2) is 10.6 Å². The van der Waals surface area contributed by atoms with Crippen molar-refractivity contribution in [2.45, 2.75) is 13.5 Å². The number of aromatic nitrogens is 1. The molecule has 1 amide bonds. The molecule has 3 aromatic rings. The largest absolute Gasteiger partial charge is 0.314 e. The van der Waals surface area contributed by atoms with Crippen LogP contribution in [-0.4, -0.2) is 10.5 Å². The van der Waals surface area contributed by atoms with E-state index in [1.165, 1.54) is 12.1 Å². The number of aryl methyl sites for hydroxylation is 1. The number of rotatable bonds is 3. The Kier molecular flexibility index (Phi) is 4.66. The van der Waals surface area contributed by atoms with Crippen LogP contribution < -0.4 is 4.80 Å². The second-order valence-electron chi connectivity index (χ2n) is 5.06. The molecule has 0 spiro atoms. The zero-order valence-electron chi connectivity index (χ0n) is 12.9. The van der Waals surface area contributed by atoms with E-state index in [0.29, 0.717) is 16.0 Å². The molecule has 0 radical (unpaired) electrons. The van der Waals surface area contributed by atoms with Crippen LogP contribution in [0.5, 0.6) is 0 Å². The van der Waals surface area contributed by atoms with Crippen molar-refractivity contribution in [3.05, 3.63) is 70.5 Å². The van der Waals surface area contributed by atoms with Gasteiger partial charge in [-0.15, -0.1) is 0 Å². The van der Waals surface area contributed by atoms with Crippen molar-refractivity contribution in [2.75, 3.05) is 0 Å². The molecule has 122 valence electrons. The Morgan fingerprint density at radius 3 is 2.71 bits per heavy atom. The lowest BCUT2D eigenvalue weighted by atomic mass is 10.2. The van der Waals surface area contributed by atoms with Crippen molar-refractivity contribution < 1.29 is 13.6 Å². The molecule has 1 aromatic heterocycles. The summed E-state index contributed by atoms with van der Waals surface area (Å²) in [6.07, 6.45) is 3.02. The molecule has 24 heavy (non-hydrogen) atoms. The van der Waals surface area contributed by atoms with Crippen LogP contribution in [-0.2, 0) is 11.3 Å². The third kappa shape index (κ3) is 3.33. The summed E-state index contributed by atoms with van der Waals surface area (Å²) in [7, 11) is 0. The monoisotopic (exact) mass is 344 g/mol. The van der Waals surface area contributed by atoms with Gasteiger partial charge in [0.05, 0.1) is 10.2 Å². The number of hydrogen-bond acceptors (Lipinski definition) is 2. The number of carbonyl (C=O) groups is 1. The molecule has 0 atom stereocenters. The predicted molar refractivity (Wildman–Crippen MR) is 91.5 cm³/mol. The Morgan fingerprint density at radius 2 is 2.00 bits per heavy atom. The minimum atomic E-state index is -0.656. The van der Waals surface area contributed by atoms with Crippen LogP contribution in [0.15, 0.2) is 53.5 Å². The highest BCUT2D eigenvalue weighted by molar-refractivity contribution is 7.16. The lowest BCUT2D eigenvalue weighted by Crippen LogP contribution is -2.15. The first-order valence-electron chi connectivity index (χ1n) is 7.38. The van der Waals surface area contributed by atoms with Crippen LogP contribution in [0.25, 0.3) is 16.3 Å². The summed E-state index contributed by atoms with van der Waals surface area (Å²) >= 11 is 1.09. The molecule has 0 N–H and O–H groups in total. The van der Waals surface area contributed by atoms with Crippen molar-refractivity contribution >= 4 is 33.5 Å². The Bertz CT molecular complexity index is 987. The van der Waals surface area contributed by atoms with Crippen LogP contribution >= 0.6 is 11.3 Å². The third-order valence-electron chi connectivity index (χ3n) is 3.44. The standard InChI is InChI=1S/C18H14F2N2OS/c1-2-22-17-14(20)10-13(19)11-15(17)24-18(22)21-16(23)9-8-12-6-4-3-5-7-12/h3-11H,2H2,1H3/b9-8+,21-18?. The Hall–Kier alpha value is -2.60. The minimum absolute atomic E-state index is 0.266. The molecule has 0 fully saturated rings. The van der Waals surface area contributed by atoms with Crippen molar-refractivity contribution in [3.8, 4) is 0 Å². The topological polar surface area (TPSA) is 34.4 Å². The van der Waals surface area contributed by atoms with E-state index in [4.69, 9.17) is 0 Å². The maximum Gasteiger partial charge on any atom is 0.272 e. The molecular weight excluding hydrogens is 330 g/mol. The molecule has 3 rings (SSSR count). The van der Waals surface area contributed by atoms with Gasteiger partial charge in [0.2, 0.25) is 0 Å². The van der Waals surface area contributed by atoms with E-state index < -0.39 is 17.5 Å². The van der Waals surface area contributed by atoms with Gasteiger partial charge in [-0.1, -0.05) is 41.7 Å². The van der Waals surface area contributed by atoms with Crippen molar-refractivity contribution in [3.63, 3.8) is 0 Å². The van der Waals surface area contributed by atoms with Gasteiger partial charge in [-0.2, -0.15) is 4.99 Å². The molecule has 0 saturated heterocycles. The van der Waals surface area contributed by atoms with Gasteiger partial charge in [-0.05, 0) is 24.6 Å². The van der Waals surface area contributed by atoms with E-state index >= 15 is 0 Å². The SMILES string of the molecule is CCn1c(=NC(=O)/C=C/c2ccccc2)sc2cc(F)cc(F)c21. The van der Waals surface area contributed by atoms with Crippen molar-refractivity contribution in [1.82, 2.24) is 4.57 Å². The minimum Gasteiger partial charge on any atom is -0.314 e. The summed E-state index contributed by atoms with van der Waals surface area (Å²) in [5, 5.41) is 0. The fourth-order valence-electron chi connectivity index (χ4n) is 2.37. The van der Waals surface area contributed by atoms with E-state index in [1.54, 1.807) is 10.6 Å². The van der Waals surface area contributed by atoms with Crippen LogP contribution in [0.3, 0.4) is 0 Å². The molecule has 0 aliphatic carbocycles. The summed E-state index contributed by atoms with van der Waals surface area (Å²) < 4.78 is 29.4. The van der Waals surface area contributed by atoms with E-state index in [1.807, 2.05) is 37.3 Å². The number of benzene rings is 2. The first-order chi connectivity index (χ1) is 11.6. The number of hydrogen-bond donors (Lipinski definition) is 0. The zero-order chi connectivity index (χ0) is 17.1. The maximum absolute atomic E-state index is 14.0. The van der Waals surface area contributed by atoms with Crippen LogP contribution in [0.2, 0.25) is 0 Å². The molecule has 2 aromatic carbocycles. The highest BCUT2D eigenvalue weighted by atomic mass is 32.1. The molecule has 1 heterocycles. The fourth-order valence-corrected chi connectivity index (χ4v) is 3.51. The van der Waals surface area contributed by atoms with Crippen LogP contribution in [0.1, 0.15) is 12.5 Å². The van der Waals surface area contributed by atoms with Gasteiger partial charge in [0.1, 0.15) is 5.82 Å². The number of amides is 1. The molecule has 0 bridgehead atoms. The third-order valence-corrected chi connectivity index (χ3v) is 4.46. The first kappa shape index (κ1) is 16.3. The Morgan fingerprint density at radius 1 is 1.25 bits per heavy atom. The van der Waals surface area contributed by atoms with E-state index in [9.17, 15) is 13.6 Å². The summed E-state index contributed by atoms with van der Waals surface area (Å²) in [6.45, 7) is 2.25. The summed E-state index contributed by atoms with van der Waals surface area (Å²) in [4.78, 5) is 16.4. The Balaban J connectivity index is 2.02. The quantitative estimate of drug-likeness (QED) is 0.658. The van der Waals surface area contributed by atoms with Gasteiger partial charge in [0, 0.05) is 18.7 Å². The first-order valence-corrected chi connectivity index (χ1v) is 8.20. The van der Waals surface area contributed by atoms with Gasteiger partial charge >= 0.3 is 0 Å². The molecular formula is C18H14F2N2OS. The van der Waals surface area contributed by atoms with Crippen LogP contribution in [0.4, 0.5) is 8.78 Å². The highest BCUT2D eigenvalue weighted by Gasteiger charge is 2.12. The molecule has 0 aliphatic rings. The summed E-state index contributed by atoms with van der Waals surface area (Å²) in [5.41, 5.74) is 1.15. The molecule has 6 heteroatoms. The zero-order valence-corrected chi connectivity index (χ0v) is 13.7. The average Bonchev–Trinajstić information content (AvgIpc) is 2.91. The van der Waals surface area contributed by atoms with Gasteiger partial charge in [-0.3, -0.25) is 4.79 Å². The van der Waals surface area contributed by atoms with Gasteiger partial charge in [-0.25, -0.2) is 8.78 Å². The summed E-state index contributed by atoms with van der Waals surface area (Å²) in [5.74, 6) is -1.75. The van der Waals surface area contributed by atoms with E-state index in [-0.39, 0.29) is 5.52 Å². The van der Waals surface area contributed by atoms with Crippen molar-refractivity contribution in [1.29, 1.82) is 0 Å². The molecule has 3 nitrogen and oxygen atoms in total. The Labute approximate surface area is 141 Å². The fraction of sp³-hybridized carbons (Fsp3) is 0.111. The van der Waals surface area contributed by atoms with Gasteiger partial charge < -0.3 is 4.57 Å². The summed E-state index contributed by atoms with van der Waals surface area (Å²) in [6, 6.07) is 11.5. The predicted octanol–water partition coefficient (Wildman–Crippen LogP) is 4.14. The number of halogens is 2.